The molecule has 0 aliphatic carbocycles. The van der Waals surface area contributed by atoms with Crippen LogP contribution in [0.2, 0.25) is 0 Å². The van der Waals surface area contributed by atoms with E-state index < -0.39 is 0 Å². The Morgan fingerprint density at radius 1 is 0.885 bits per heavy atom. The quantitative estimate of drug-likeness (QED) is 0.491. The zero-order chi connectivity index (χ0) is 18.5. The lowest BCUT2D eigenvalue weighted by Gasteiger charge is -2.34. The van der Waals surface area contributed by atoms with Crippen LogP contribution in [-0.2, 0) is 5.41 Å². The molecule has 1 unspecified atom stereocenters. The summed E-state index contributed by atoms with van der Waals surface area (Å²) in [5.74, 6) is 0. The van der Waals surface area contributed by atoms with Crippen LogP contribution in [0.15, 0.2) is 60.8 Å². The molecule has 0 fully saturated rings. The molecule has 3 aromatic carbocycles. The first-order valence-corrected chi connectivity index (χ1v) is 9.39. The normalized spacial score (nSPS) is 16.8. The van der Waals surface area contributed by atoms with Gasteiger partial charge in [-0.1, -0.05) is 75.4 Å². The van der Waals surface area contributed by atoms with Gasteiger partial charge in [-0.2, -0.15) is 0 Å². The lowest BCUT2D eigenvalue weighted by atomic mass is 9.81. The van der Waals surface area contributed by atoms with E-state index in [1.54, 1.807) is 0 Å². The molecule has 132 valence electrons. The van der Waals surface area contributed by atoms with Gasteiger partial charge in [-0.3, -0.25) is 0 Å². The van der Waals surface area contributed by atoms with Crippen molar-refractivity contribution in [2.75, 3.05) is 7.05 Å². The van der Waals surface area contributed by atoms with Crippen molar-refractivity contribution in [3.63, 3.8) is 0 Å². The molecule has 26 heavy (non-hydrogen) atoms. The molecule has 1 aliphatic rings. The molecule has 0 radical (unpaired) electrons. The molecular weight excluding hydrogens is 314 g/mol. The minimum atomic E-state index is 0.151. The van der Waals surface area contributed by atoms with Crippen LogP contribution in [0, 0.1) is 6.92 Å². The Morgan fingerprint density at radius 3 is 2.42 bits per heavy atom. The lowest BCUT2D eigenvalue weighted by Crippen LogP contribution is -2.25. The highest BCUT2D eigenvalue weighted by Gasteiger charge is 2.26. The van der Waals surface area contributed by atoms with E-state index in [2.05, 4.69) is 107 Å². The molecule has 1 heterocycles. The third-order valence-electron chi connectivity index (χ3n) is 5.62. The van der Waals surface area contributed by atoms with E-state index in [0.29, 0.717) is 0 Å². The summed E-state index contributed by atoms with van der Waals surface area (Å²) in [5, 5.41) is 2.64. The highest BCUT2D eigenvalue weighted by Crippen LogP contribution is 2.40. The maximum atomic E-state index is 2.41. The van der Waals surface area contributed by atoms with Crippen LogP contribution in [0.5, 0.6) is 0 Å². The van der Waals surface area contributed by atoms with Crippen LogP contribution in [0.25, 0.3) is 16.8 Å². The van der Waals surface area contributed by atoms with E-state index in [1.807, 2.05) is 0 Å². The van der Waals surface area contributed by atoms with Crippen molar-refractivity contribution in [2.24, 2.45) is 0 Å². The zero-order valence-electron chi connectivity index (χ0n) is 16.4. The predicted octanol–water partition coefficient (Wildman–Crippen LogP) is 6.45. The van der Waals surface area contributed by atoms with E-state index in [0.717, 1.165) is 0 Å². The Bertz CT molecular complexity index is 1000. The number of aryl methyl sites for hydroxylation is 1. The van der Waals surface area contributed by atoms with E-state index in [9.17, 15) is 0 Å². The van der Waals surface area contributed by atoms with E-state index >= 15 is 0 Å². The second kappa shape index (κ2) is 6.02. The molecule has 1 aliphatic heterocycles. The predicted molar refractivity (Wildman–Crippen MR) is 112 cm³/mol. The van der Waals surface area contributed by atoms with Gasteiger partial charge in [0.1, 0.15) is 0 Å². The van der Waals surface area contributed by atoms with Gasteiger partial charge in [0, 0.05) is 13.2 Å². The van der Waals surface area contributed by atoms with Crippen molar-refractivity contribution in [1.82, 2.24) is 4.90 Å². The van der Waals surface area contributed by atoms with Crippen molar-refractivity contribution >= 4 is 16.8 Å². The SMILES string of the molecule is Cc1ccc(C(C)(C)C)cc1C1c2ccc3ccccc3c2C=CN1C. The number of benzene rings is 3. The Morgan fingerprint density at radius 2 is 1.65 bits per heavy atom. The molecule has 0 N–H and O–H groups in total. The third-order valence-corrected chi connectivity index (χ3v) is 5.62. The summed E-state index contributed by atoms with van der Waals surface area (Å²) >= 11 is 0. The molecule has 0 bridgehead atoms. The summed E-state index contributed by atoms with van der Waals surface area (Å²) in [6.07, 6.45) is 4.49. The molecule has 1 heteroatoms. The van der Waals surface area contributed by atoms with Crippen LogP contribution < -0.4 is 0 Å². The van der Waals surface area contributed by atoms with Crippen LogP contribution in [0.1, 0.15) is 54.6 Å². The van der Waals surface area contributed by atoms with E-state index in [4.69, 9.17) is 0 Å². The van der Waals surface area contributed by atoms with Gasteiger partial charge in [0.2, 0.25) is 0 Å². The molecule has 1 nitrogen and oxygen atoms in total. The zero-order valence-corrected chi connectivity index (χ0v) is 16.4. The van der Waals surface area contributed by atoms with Crippen LogP contribution in [-0.4, -0.2) is 11.9 Å². The van der Waals surface area contributed by atoms with Gasteiger partial charge in [0.05, 0.1) is 6.04 Å². The first-order valence-electron chi connectivity index (χ1n) is 9.39. The summed E-state index contributed by atoms with van der Waals surface area (Å²) in [7, 11) is 2.18. The standard InChI is InChI=1S/C25H27N/c1-17-10-12-19(25(2,3)4)16-23(17)24-22-13-11-18-8-6-7-9-20(18)21(22)14-15-26(24)5/h6-16,24H,1-5H3. The maximum absolute atomic E-state index is 2.41. The average molecular weight is 341 g/mol. The third kappa shape index (κ3) is 2.72. The topological polar surface area (TPSA) is 3.24 Å². The molecule has 3 aromatic rings. The Hall–Kier alpha value is -2.54. The first kappa shape index (κ1) is 16.9. The smallest absolute Gasteiger partial charge is 0.0795 e. The largest absolute Gasteiger partial charge is 0.369 e. The Labute approximate surface area is 157 Å². The number of hydrogen-bond donors (Lipinski definition) is 0. The van der Waals surface area contributed by atoms with Gasteiger partial charge in [-0.25, -0.2) is 0 Å². The minimum absolute atomic E-state index is 0.151. The summed E-state index contributed by atoms with van der Waals surface area (Å²) < 4.78 is 0. The van der Waals surface area contributed by atoms with Crippen molar-refractivity contribution in [3.05, 3.63) is 88.6 Å². The highest BCUT2D eigenvalue weighted by molar-refractivity contribution is 5.92. The fourth-order valence-corrected chi connectivity index (χ4v) is 4.02. The number of fused-ring (bicyclic) bond motifs is 3. The van der Waals surface area contributed by atoms with Crippen LogP contribution >= 0.6 is 0 Å². The van der Waals surface area contributed by atoms with Gasteiger partial charge in [0.25, 0.3) is 0 Å². The lowest BCUT2D eigenvalue weighted by molar-refractivity contribution is 0.379. The highest BCUT2D eigenvalue weighted by atomic mass is 15.1. The second-order valence-electron chi connectivity index (χ2n) is 8.49. The van der Waals surface area contributed by atoms with Crippen LogP contribution in [0.3, 0.4) is 0 Å². The Kier molecular flexibility index (Phi) is 3.91. The van der Waals surface area contributed by atoms with Gasteiger partial charge in [-0.05, 0) is 57.0 Å². The maximum Gasteiger partial charge on any atom is 0.0795 e. The Balaban J connectivity index is 1.94. The number of hydrogen-bond acceptors (Lipinski definition) is 1. The van der Waals surface area contributed by atoms with E-state index in [-0.39, 0.29) is 11.5 Å². The van der Waals surface area contributed by atoms with Gasteiger partial charge in [-0.15, -0.1) is 0 Å². The van der Waals surface area contributed by atoms with Crippen LogP contribution in [0.4, 0.5) is 0 Å². The second-order valence-corrected chi connectivity index (χ2v) is 8.49. The van der Waals surface area contributed by atoms with Gasteiger partial charge in [0.15, 0.2) is 0 Å². The summed E-state index contributed by atoms with van der Waals surface area (Å²) in [4.78, 5) is 2.34. The molecule has 4 rings (SSSR count). The molecule has 0 spiro atoms. The molecule has 1 atom stereocenters. The summed E-state index contributed by atoms with van der Waals surface area (Å²) in [5.41, 5.74) is 7.04. The average Bonchev–Trinajstić information content (AvgIpc) is 2.61. The van der Waals surface area contributed by atoms with Crippen molar-refractivity contribution in [3.8, 4) is 0 Å². The number of nitrogens with zero attached hydrogens (tertiary/aromatic N) is 1. The van der Waals surface area contributed by atoms with Crippen molar-refractivity contribution in [1.29, 1.82) is 0 Å². The van der Waals surface area contributed by atoms with Crippen molar-refractivity contribution < 1.29 is 0 Å². The monoisotopic (exact) mass is 341 g/mol. The fraction of sp³-hybridized carbons (Fsp3) is 0.280. The van der Waals surface area contributed by atoms with Crippen molar-refractivity contribution in [2.45, 2.75) is 39.2 Å². The first-order chi connectivity index (χ1) is 12.4. The minimum Gasteiger partial charge on any atom is -0.369 e. The fourth-order valence-electron chi connectivity index (χ4n) is 4.02. The molecule has 0 saturated heterocycles. The molecule has 0 amide bonds. The van der Waals surface area contributed by atoms with Gasteiger partial charge < -0.3 is 4.90 Å². The number of rotatable bonds is 1. The summed E-state index contributed by atoms with van der Waals surface area (Å²) in [6.45, 7) is 9.09. The molecule has 0 aromatic heterocycles. The molecule has 0 saturated carbocycles. The van der Waals surface area contributed by atoms with Gasteiger partial charge >= 0.3 is 0 Å². The van der Waals surface area contributed by atoms with E-state index in [1.165, 1.54) is 38.6 Å². The molecular formula is C25H27N. The summed E-state index contributed by atoms with van der Waals surface area (Å²) in [6, 6.07) is 20.5.